The molecule has 3 nitrogen and oxygen atoms in total. The largest absolute Gasteiger partial charge is 0.496 e. The van der Waals surface area contributed by atoms with Crippen molar-refractivity contribution in [2.24, 2.45) is 0 Å². The predicted octanol–water partition coefficient (Wildman–Crippen LogP) is 4.23. The van der Waals surface area contributed by atoms with Crippen molar-refractivity contribution in [3.63, 3.8) is 0 Å². The number of hydrogen-bond acceptors (Lipinski definition) is 3. The number of methoxy groups -OCH3 is 1. The number of furan rings is 1. The third kappa shape index (κ3) is 2.76. The molecule has 108 valence electrons. The van der Waals surface area contributed by atoms with E-state index < -0.39 is 0 Å². The first-order valence-corrected chi connectivity index (χ1v) is 7.49. The highest BCUT2D eigenvalue weighted by atomic mass is 79.9. The molecule has 1 aromatic heterocycles. The lowest BCUT2D eigenvalue weighted by Gasteiger charge is -2.20. The molecule has 0 saturated carbocycles. The van der Waals surface area contributed by atoms with Crippen LogP contribution in [-0.4, -0.2) is 14.2 Å². The van der Waals surface area contributed by atoms with E-state index in [-0.39, 0.29) is 6.04 Å². The monoisotopic (exact) mass is 337 g/mol. The number of rotatable bonds is 5. The predicted molar refractivity (Wildman–Crippen MR) is 84.4 cm³/mol. The minimum absolute atomic E-state index is 0.0514. The Morgan fingerprint density at radius 3 is 2.70 bits per heavy atom. The van der Waals surface area contributed by atoms with Crippen LogP contribution in [0.2, 0.25) is 0 Å². The summed E-state index contributed by atoms with van der Waals surface area (Å²) in [5.41, 5.74) is 3.41. The van der Waals surface area contributed by atoms with Crippen LogP contribution in [0.3, 0.4) is 0 Å². The SMILES string of the molecule is CCc1occc1C(NC)c1cc(Br)c(C)cc1OC. The number of halogens is 1. The molecule has 1 heterocycles. The standard InChI is InChI=1S/C16H20BrNO2/c1-5-14-11(6-7-20-14)16(18-3)12-9-13(17)10(2)8-15(12)19-4/h6-9,16,18H,5H2,1-4H3. The number of benzene rings is 1. The van der Waals surface area contributed by atoms with Gasteiger partial charge in [0.2, 0.25) is 0 Å². The zero-order chi connectivity index (χ0) is 14.7. The molecular formula is C16H20BrNO2. The number of aryl methyl sites for hydroxylation is 2. The molecule has 0 saturated heterocycles. The van der Waals surface area contributed by atoms with Crippen molar-refractivity contribution >= 4 is 15.9 Å². The summed E-state index contributed by atoms with van der Waals surface area (Å²) in [6.45, 7) is 4.15. The van der Waals surface area contributed by atoms with Gasteiger partial charge in [0.15, 0.2) is 0 Å². The van der Waals surface area contributed by atoms with Crippen molar-refractivity contribution in [3.05, 3.63) is 51.4 Å². The molecule has 1 N–H and O–H groups in total. The van der Waals surface area contributed by atoms with Crippen LogP contribution in [0.5, 0.6) is 5.75 Å². The lowest BCUT2D eigenvalue weighted by molar-refractivity contribution is 0.404. The maximum Gasteiger partial charge on any atom is 0.124 e. The van der Waals surface area contributed by atoms with Crippen molar-refractivity contribution in [2.45, 2.75) is 26.3 Å². The van der Waals surface area contributed by atoms with E-state index >= 15 is 0 Å². The molecule has 1 aromatic carbocycles. The summed E-state index contributed by atoms with van der Waals surface area (Å²) >= 11 is 3.60. The summed E-state index contributed by atoms with van der Waals surface area (Å²) in [5, 5.41) is 3.36. The smallest absolute Gasteiger partial charge is 0.124 e. The molecule has 4 heteroatoms. The van der Waals surface area contributed by atoms with E-state index in [0.717, 1.165) is 39.1 Å². The summed E-state index contributed by atoms with van der Waals surface area (Å²) in [4.78, 5) is 0. The minimum Gasteiger partial charge on any atom is -0.496 e. The van der Waals surface area contributed by atoms with Crippen LogP contribution in [-0.2, 0) is 6.42 Å². The molecule has 0 aliphatic rings. The third-order valence-corrected chi connectivity index (χ3v) is 4.38. The fourth-order valence-electron chi connectivity index (χ4n) is 2.45. The van der Waals surface area contributed by atoms with Gasteiger partial charge in [-0.25, -0.2) is 0 Å². The Labute approximate surface area is 128 Å². The Morgan fingerprint density at radius 2 is 2.10 bits per heavy atom. The second-order valence-electron chi connectivity index (χ2n) is 4.72. The van der Waals surface area contributed by atoms with Crippen LogP contribution in [0.1, 0.15) is 35.4 Å². The Morgan fingerprint density at radius 1 is 1.35 bits per heavy atom. The van der Waals surface area contributed by atoms with Crippen LogP contribution in [0.25, 0.3) is 0 Å². The van der Waals surface area contributed by atoms with Gasteiger partial charge in [0.1, 0.15) is 11.5 Å². The molecular weight excluding hydrogens is 318 g/mol. The molecule has 20 heavy (non-hydrogen) atoms. The summed E-state index contributed by atoms with van der Waals surface area (Å²) in [5.74, 6) is 1.89. The highest BCUT2D eigenvalue weighted by molar-refractivity contribution is 9.10. The lowest BCUT2D eigenvalue weighted by atomic mass is 9.96. The molecule has 1 unspecified atom stereocenters. The lowest BCUT2D eigenvalue weighted by Crippen LogP contribution is -2.19. The van der Waals surface area contributed by atoms with Crippen molar-refractivity contribution in [1.29, 1.82) is 0 Å². The summed E-state index contributed by atoms with van der Waals surface area (Å²) < 4.78 is 12.2. The van der Waals surface area contributed by atoms with Gasteiger partial charge in [0.05, 0.1) is 19.4 Å². The third-order valence-electron chi connectivity index (χ3n) is 3.52. The number of ether oxygens (including phenoxy) is 1. The Balaban J connectivity index is 2.54. The van der Waals surface area contributed by atoms with Crippen LogP contribution >= 0.6 is 15.9 Å². The molecule has 0 aliphatic heterocycles. The van der Waals surface area contributed by atoms with Crippen molar-refractivity contribution in [1.82, 2.24) is 5.32 Å². The van der Waals surface area contributed by atoms with Gasteiger partial charge in [-0.3, -0.25) is 0 Å². The van der Waals surface area contributed by atoms with Crippen molar-refractivity contribution < 1.29 is 9.15 Å². The molecule has 0 bridgehead atoms. The Bertz CT molecular complexity index is 592. The first kappa shape index (κ1) is 15.1. The van der Waals surface area contributed by atoms with Gasteiger partial charge in [-0.05, 0) is 37.7 Å². The quantitative estimate of drug-likeness (QED) is 0.886. The second-order valence-corrected chi connectivity index (χ2v) is 5.57. The summed E-state index contributed by atoms with van der Waals surface area (Å²) in [7, 11) is 3.65. The Kier molecular flexibility index (Phi) is 4.89. The van der Waals surface area contributed by atoms with Crippen molar-refractivity contribution in [2.75, 3.05) is 14.2 Å². The summed E-state index contributed by atoms with van der Waals surface area (Å²) in [6, 6.07) is 6.24. The van der Waals surface area contributed by atoms with E-state index in [4.69, 9.17) is 9.15 Å². The molecule has 0 aliphatic carbocycles. The first-order chi connectivity index (χ1) is 9.62. The maximum atomic E-state index is 5.55. The zero-order valence-electron chi connectivity index (χ0n) is 12.3. The fraction of sp³-hybridized carbons (Fsp3) is 0.375. The molecule has 2 rings (SSSR count). The minimum atomic E-state index is 0.0514. The maximum absolute atomic E-state index is 5.55. The second kappa shape index (κ2) is 6.46. The average molecular weight is 338 g/mol. The van der Waals surface area contributed by atoms with E-state index in [0.29, 0.717) is 0 Å². The molecule has 0 fully saturated rings. The van der Waals surface area contributed by atoms with E-state index in [9.17, 15) is 0 Å². The Hall–Kier alpha value is -1.26. The number of hydrogen-bond donors (Lipinski definition) is 1. The van der Waals surface area contributed by atoms with Gasteiger partial charge < -0.3 is 14.5 Å². The van der Waals surface area contributed by atoms with Gasteiger partial charge in [-0.2, -0.15) is 0 Å². The zero-order valence-corrected chi connectivity index (χ0v) is 13.9. The average Bonchev–Trinajstić information content (AvgIpc) is 2.91. The van der Waals surface area contributed by atoms with Gasteiger partial charge in [-0.1, -0.05) is 22.9 Å². The van der Waals surface area contributed by atoms with Crippen LogP contribution < -0.4 is 10.1 Å². The normalized spacial score (nSPS) is 12.4. The summed E-state index contributed by atoms with van der Waals surface area (Å²) in [6.07, 6.45) is 2.62. The van der Waals surface area contributed by atoms with Crippen molar-refractivity contribution in [3.8, 4) is 5.75 Å². The molecule has 2 aromatic rings. The van der Waals surface area contributed by atoms with Crippen LogP contribution in [0, 0.1) is 6.92 Å². The van der Waals surface area contributed by atoms with Crippen LogP contribution in [0.15, 0.2) is 33.4 Å². The first-order valence-electron chi connectivity index (χ1n) is 6.69. The highest BCUT2D eigenvalue weighted by Crippen LogP contribution is 2.35. The molecule has 0 spiro atoms. The van der Waals surface area contributed by atoms with Gasteiger partial charge in [-0.15, -0.1) is 0 Å². The fourth-order valence-corrected chi connectivity index (χ4v) is 2.81. The molecule has 0 radical (unpaired) electrons. The van der Waals surface area contributed by atoms with Gasteiger partial charge in [0.25, 0.3) is 0 Å². The van der Waals surface area contributed by atoms with Gasteiger partial charge in [0, 0.05) is 22.0 Å². The van der Waals surface area contributed by atoms with Gasteiger partial charge >= 0.3 is 0 Å². The van der Waals surface area contributed by atoms with E-state index in [2.05, 4.69) is 47.2 Å². The van der Waals surface area contributed by atoms with Crippen LogP contribution in [0.4, 0.5) is 0 Å². The highest BCUT2D eigenvalue weighted by Gasteiger charge is 2.21. The van der Waals surface area contributed by atoms with E-state index in [1.54, 1.807) is 13.4 Å². The topological polar surface area (TPSA) is 34.4 Å². The molecule has 0 amide bonds. The van der Waals surface area contributed by atoms with E-state index in [1.807, 2.05) is 13.1 Å². The molecule has 1 atom stereocenters. The van der Waals surface area contributed by atoms with E-state index in [1.165, 1.54) is 0 Å². The number of nitrogens with one attached hydrogen (secondary N) is 1.